The van der Waals surface area contributed by atoms with Crippen LogP contribution in [-0.2, 0) is 26.6 Å². The zero-order chi connectivity index (χ0) is 16.9. The van der Waals surface area contributed by atoms with Gasteiger partial charge in [-0.3, -0.25) is 4.79 Å². The Labute approximate surface area is 153 Å². The Morgan fingerprint density at radius 2 is 1.71 bits per heavy atom. The summed E-state index contributed by atoms with van der Waals surface area (Å²) in [6, 6.07) is 10.7. The number of nitrogens with zero attached hydrogens (tertiary/aromatic N) is 1. The Morgan fingerprint density at radius 3 is 2.42 bits per heavy atom. The van der Waals surface area contributed by atoms with Crippen molar-refractivity contribution in [2.45, 2.75) is 12.3 Å². The first kappa shape index (κ1) is 16.2. The van der Waals surface area contributed by atoms with Gasteiger partial charge in [-0.1, -0.05) is 53.0 Å². The highest BCUT2D eigenvalue weighted by Gasteiger charge is 2.56. The van der Waals surface area contributed by atoms with E-state index >= 15 is 0 Å². The molecule has 1 spiro atoms. The van der Waals surface area contributed by atoms with E-state index in [1.54, 1.807) is 18.2 Å². The molecule has 0 aromatic heterocycles. The van der Waals surface area contributed by atoms with E-state index in [9.17, 15) is 4.79 Å². The van der Waals surface area contributed by atoms with Crippen LogP contribution in [0.3, 0.4) is 0 Å². The maximum Gasteiger partial charge on any atom is 0.292 e. The van der Waals surface area contributed by atoms with Crippen molar-refractivity contribution in [2.24, 2.45) is 0 Å². The van der Waals surface area contributed by atoms with E-state index in [4.69, 9.17) is 44.3 Å². The number of anilines is 1. The second-order valence-electron chi connectivity index (χ2n) is 5.55. The van der Waals surface area contributed by atoms with Gasteiger partial charge >= 0.3 is 0 Å². The number of hydrogen-bond acceptors (Lipinski definition) is 3. The van der Waals surface area contributed by atoms with E-state index in [0.29, 0.717) is 39.5 Å². The summed E-state index contributed by atoms with van der Waals surface area (Å²) in [4.78, 5) is 14.6. The van der Waals surface area contributed by atoms with Crippen molar-refractivity contribution in [3.8, 4) is 0 Å². The SMILES string of the molecule is O=C1N(Cc2ccccc2Cl)c2c(ccc(Cl)c2Cl)C12OCCO2. The third-order valence-corrected chi connectivity index (χ3v) is 5.36. The smallest absolute Gasteiger partial charge is 0.292 e. The number of carbonyl (C=O) groups excluding carboxylic acids is 1. The van der Waals surface area contributed by atoms with E-state index in [1.807, 2.05) is 18.2 Å². The number of fused-ring (bicyclic) bond motifs is 2. The summed E-state index contributed by atoms with van der Waals surface area (Å²) in [5, 5.41) is 1.23. The molecule has 2 aliphatic rings. The molecule has 2 aromatic rings. The average Bonchev–Trinajstić information content (AvgIpc) is 3.14. The molecule has 4 nitrogen and oxygen atoms in total. The molecule has 1 fully saturated rings. The molecule has 2 aliphatic heterocycles. The monoisotopic (exact) mass is 383 g/mol. The third-order valence-electron chi connectivity index (χ3n) is 4.20. The van der Waals surface area contributed by atoms with E-state index in [0.717, 1.165) is 5.56 Å². The number of hydrogen-bond donors (Lipinski definition) is 0. The van der Waals surface area contributed by atoms with Crippen LogP contribution in [0, 0.1) is 0 Å². The van der Waals surface area contributed by atoms with Crippen LogP contribution < -0.4 is 4.90 Å². The van der Waals surface area contributed by atoms with Gasteiger partial charge in [-0.2, -0.15) is 0 Å². The summed E-state index contributed by atoms with van der Waals surface area (Å²) in [5.74, 6) is -1.76. The van der Waals surface area contributed by atoms with Gasteiger partial charge in [-0.05, 0) is 23.8 Å². The fourth-order valence-electron chi connectivity index (χ4n) is 3.10. The van der Waals surface area contributed by atoms with Gasteiger partial charge in [0, 0.05) is 10.6 Å². The van der Waals surface area contributed by atoms with Crippen LogP contribution in [0.15, 0.2) is 36.4 Å². The number of amides is 1. The maximum atomic E-state index is 13.1. The standard InChI is InChI=1S/C17H12Cl3NO3/c18-12-4-2-1-3-10(12)9-21-15-11(5-6-13(19)14(15)20)17(16(21)22)23-7-8-24-17/h1-6H,7-9H2. The molecule has 124 valence electrons. The van der Waals surface area contributed by atoms with Gasteiger partial charge < -0.3 is 14.4 Å². The summed E-state index contributed by atoms with van der Waals surface area (Å²) in [5.41, 5.74) is 1.88. The largest absolute Gasteiger partial charge is 0.336 e. The van der Waals surface area contributed by atoms with Crippen molar-refractivity contribution in [2.75, 3.05) is 18.1 Å². The molecular weight excluding hydrogens is 373 g/mol. The van der Waals surface area contributed by atoms with E-state index in [1.165, 1.54) is 4.90 Å². The van der Waals surface area contributed by atoms with Crippen molar-refractivity contribution < 1.29 is 14.3 Å². The number of carbonyl (C=O) groups is 1. The average molecular weight is 385 g/mol. The molecule has 1 saturated heterocycles. The van der Waals surface area contributed by atoms with Crippen molar-refractivity contribution >= 4 is 46.4 Å². The number of benzene rings is 2. The van der Waals surface area contributed by atoms with Crippen LogP contribution >= 0.6 is 34.8 Å². The zero-order valence-electron chi connectivity index (χ0n) is 12.4. The van der Waals surface area contributed by atoms with Crippen LogP contribution in [0.25, 0.3) is 0 Å². The Kier molecular flexibility index (Phi) is 3.98. The number of halogens is 3. The quantitative estimate of drug-likeness (QED) is 0.770. The van der Waals surface area contributed by atoms with Gasteiger partial charge in [0.1, 0.15) is 0 Å². The predicted octanol–water partition coefficient (Wildman–Crippen LogP) is 4.39. The Bertz CT molecular complexity index is 834. The molecule has 2 heterocycles. The Hall–Kier alpha value is -1.30. The van der Waals surface area contributed by atoms with Crippen LogP contribution in [0.1, 0.15) is 11.1 Å². The van der Waals surface area contributed by atoms with Gasteiger partial charge in [0.25, 0.3) is 11.7 Å². The number of rotatable bonds is 2. The minimum Gasteiger partial charge on any atom is -0.336 e. The van der Waals surface area contributed by atoms with Gasteiger partial charge in [0.15, 0.2) is 0 Å². The Balaban J connectivity index is 1.86. The molecule has 2 aromatic carbocycles. The molecule has 0 unspecified atom stereocenters. The third kappa shape index (κ3) is 2.25. The van der Waals surface area contributed by atoms with E-state index in [-0.39, 0.29) is 12.5 Å². The van der Waals surface area contributed by atoms with Gasteiger partial charge in [0.05, 0.1) is 35.5 Å². The molecule has 24 heavy (non-hydrogen) atoms. The lowest BCUT2D eigenvalue weighted by molar-refractivity contribution is -0.180. The fraction of sp³-hybridized carbons (Fsp3) is 0.235. The van der Waals surface area contributed by atoms with Crippen molar-refractivity contribution in [3.63, 3.8) is 0 Å². The molecule has 0 radical (unpaired) electrons. The minimum atomic E-state index is -1.44. The number of ether oxygens (including phenoxy) is 2. The Morgan fingerprint density at radius 1 is 1.00 bits per heavy atom. The van der Waals surface area contributed by atoms with Gasteiger partial charge in [0.2, 0.25) is 0 Å². The first-order valence-electron chi connectivity index (χ1n) is 7.36. The topological polar surface area (TPSA) is 38.8 Å². The summed E-state index contributed by atoms with van der Waals surface area (Å²) in [6.45, 7) is 0.927. The van der Waals surface area contributed by atoms with Crippen LogP contribution in [0.2, 0.25) is 15.1 Å². The fourth-order valence-corrected chi connectivity index (χ4v) is 3.72. The lowest BCUT2D eigenvalue weighted by Crippen LogP contribution is -2.41. The molecule has 0 N–H and O–H groups in total. The molecule has 0 atom stereocenters. The first-order chi connectivity index (χ1) is 11.5. The highest BCUT2D eigenvalue weighted by molar-refractivity contribution is 6.44. The molecule has 1 amide bonds. The predicted molar refractivity (Wildman–Crippen MR) is 92.7 cm³/mol. The van der Waals surface area contributed by atoms with E-state index in [2.05, 4.69) is 0 Å². The van der Waals surface area contributed by atoms with Crippen LogP contribution in [0.4, 0.5) is 5.69 Å². The van der Waals surface area contributed by atoms with Crippen LogP contribution in [-0.4, -0.2) is 19.1 Å². The zero-order valence-corrected chi connectivity index (χ0v) is 14.7. The molecular formula is C17H12Cl3NO3. The van der Waals surface area contributed by atoms with Crippen molar-refractivity contribution in [3.05, 3.63) is 62.6 Å². The van der Waals surface area contributed by atoms with E-state index < -0.39 is 5.79 Å². The van der Waals surface area contributed by atoms with Crippen molar-refractivity contribution in [1.82, 2.24) is 0 Å². The summed E-state index contributed by atoms with van der Waals surface area (Å²) < 4.78 is 11.4. The minimum absolute atomic E-state index is 0.250. The molecule has 0 bridgehead atoms. The second-order valence-corrected chi connectivity index (χ2v) is 6.75. The second kappa shape index (κ2) is 5.90. The van der Waals surface area contributed by atoms with Crippen LogP contribution in [0.5, 0.6) is 0 Å². The highest BCUT2D eigenvalue weighted by atomic mass is 35.5. The first-order valence-corrected chi connectivity index (χ1v) is 8.50. The lowest BCUT2D eigenvalue weighted by atomic mass is 10.1. The van der Waals surface area contributed by atoms with Gasteiger partial charge in [-0.15, -0.1) is 0 Å². The lowest BCUT2D eigenvalue weighted by Gasteiger charge is -2.22. The summed E-state index contributed by atoms with van der Waals surface area (Å²) >= 11 is 18.8. The maximum absolute atomic E-state index is 13.1. The highest BCUT2D eigenvalue weighted by Crippen LogP contribution is 2.51. The molecule has 0 aliphatic carbocycles. The molecule has 0 saturated carbocycles. The van der Waals surface area contributed by atoms with Crippen molar-refractivity contribution in [1.29, 1.82) is 0 Å². The van der Waals surface area contributed by atoms with Gasteiger partial charge in [-0.25, -0.2) is 0 Å². The molecule has 4 rings (SSSR count). The summed E-state index contributed by atoms with van der Waals surface area (Å²) in [7, 11) is 0. The normalized spacial score (nSPS) is 18.5. The summed E-state index contributed by atoms with van der Waals surface area (Å²) in [6.07, 6.45) is 0. The molecule has 7 heteroatoms.